The van der Waals surface area contributed by atoms with Gasteiger partial charge in [0.2, 0.25) is 11.8 Å². The van der Waals surface area contributed by atoms with E-state index in [1.54, 1.807) is 6.20 Å². The van der Waals surface area contributed by atoms with E-state index < -0.39 is 0 Å². The lowest BCUT2D eigenvalue weighted by molar-refractivity contribution is -0.151. The van der Waals surface area contributed by atoms with Gasteiger partial charge in [-0.25, -0.2) is 4.39 Å². The Morgan fingerprint density at radius 2 is 1.42 bits per heavy atom. The Morgan fingerprint density at radius 1 is 0.763 bits per heavy atom. The van der Waals surface area contributed by atoms with Crippen molar-refractivity contribution in [2.75, 3.05) is 39.3 Å². The summed E-state index contributed by atoms with van der Waals surface area (Å²) in [7, 11) is 0. The van der Waals surface area contributed by atoms with Gasteiger partial charge in [0.1, 0.15) is 5.82 Å². The van der Waals surface area contributed by atoms with Gasteiger partial charge in [-0.2, -0.15) is 0 Å². The fourth-order valence-electron chi connectivity index (χ4n) is 5.38. The molecular formula is C31H33FN4O2. The molecule has 3 heterocycles. The van der Waals surface area contributed by atoms with E-state index in [0.717, 1.165) is 55.7 Å². The molecule has 2 fully saturated rings. The first-order valence-electron chi connectivity index (χ1n) is 13.3. The van der Waals surface area contributed by atoms with E-state index in [4.69, 9.17) is 0 Å². The number of carbonyl (C=O) groups is 2. The molecule has 38 heavy (non-hydrogen) atoms. The highest BCUT2D eigenvalue weighted by molar-refractivity contribution is 5.99. The van der Waals surface area contributed by atoms with Crippen LogP contribution in [0.1, 0.15) is 36.1 Å². The average molecular weight is 513 g/mol. The standard InChI is InChI=1S/C31H33FN4O2/c32-27-12-10-25(11-13-27)31(24-7-2-1-3-8-24)26-14-19-34(20-15-26)17-6-18-36-29(37)22-35(23-30(36)38)21-28-9-4-5-16-33-28/h1-5,7-13,16H,6,14-15,17-23H2. The molecule has 0 unspecified atom stereocenters. The zero-order chi connectivity index (χ0) is 26.3. The first-order valence-corrected chi connectivity index (χ1v) is 13.3. The van der Waals surface area contributed by atoms with Crippen LogP contribution >= 0.6 is 0 Å². The highest BCUT2D eigenvalue weighted by Gasteiger charge is 2.31. The monoisotopic (exact) mass is 512 g/mol. The number of rotatable bonds is 8. The van der Waals surface area contributed by atoms with Crippen molar-refractivity contribution in [1.82, 2.24) is 19.7 Å². The van der Waals surface area contributed by atoms with Crippen LogP contribution in [-0.4, -0.2) is 70.8 Å². The number of nitrogens with zero attached hydrogens (tertiary/aromatic N) is 4. The van der Waals surface area contributed by atoms with Gasteiger partial charge >= 0.3 is 0 Å². The van der Waals surface area contributed by atoms with Gasteiger partial charge < -0.3 is 4.90 Å². The number of amides is 2. The van der Waals surface area contributed by atoms with Gasteiger partial charge in [-0.15, -0.1) is 0 Å². The maximum absolute atomic E-state index is 13.6. The Labute approximate surface area is 223 Å². The zero-order valence-corrected chi connectivity index (χ0v) is 21.6. The van der Waals surface area contributed by atoms with E-state index in [2.05, 4.69) is 22.0 Å². The Balaban J connectivity index is 1.14. The molecule has 0 radical (unpaired) electrons. The van der Waals surface area contributed by atoms with Crippen LogP contribution in [0.5, 0.6) is 0 Å². The molecule has 6 nitrogen and oxygen atoms in total. The van der Waals surface area contributed by atoms with Gasteiger partial charge in [0.05, 0.1) is 18.8 Å². The lowest BCUT2D eigenvalue weighted by Gasteiger charge is -2.34. The first kappa shape index (κ1) is 25.9. The summed E-state index contributed by atoms with van der Waals surface area (Å²) in [6.45, 7) is 4.13. The summed E-state index contributed by atoms with van der Waals surface area (Å²) in [5.41, 5.74) is 5.63. The highest BCUT2D eigenvalue weighted by atomic mass is 19.1. The fourth-order valence-corrected chi connectivity index (χ4v) is 5.38. The largest absolute Gasteiger partial charge is 0.303 e. The molecule has 0 atom stereocenters. The summed E-state index contributed by atoms with van der Waals surface area (Å²) in [6.07, 6.45) is 4.36. The number of benzene rings is 2. The van der Waals surface area contributed by atoms with Crippen molar-refractivity contribution in [3.63, 3.8) is 0 Å². The molecule has 2 aliphatic rings. The number of hydrogen-bond acceptors (Lipinski definition) is 5. The summed E-state index contributed by atoms with van der Waals surface area (Å²) >= 11 is 0. The van der Waals surface area contributed by atoms with Crippen molar-refractivity contribution in [2.45, 2.75) is 25.8 Å². The molecule has 2 saturated heterocycles. The van der Waals surface area contributed by atoms with Crippen LogP contribution in [0.3, 0.4) is 0 Å². The topological polar surface area (TPSA) is 56.8 Å². The first-order chi connectivity index (χ1) is 18.6. The molecule has 3 aromatic rings. The smallest absolute Gasteiger partial charge is 0.243 e. The molecule has 0 N–H and O–H groups in total. The number of carbonyl (C=O) groups excluding carboxylic acids is 2. The third kappa shape index (κ3) is 6.41. The van der Waals surface area contributed by atoms with Crippen molar-refractivity contribution in [3.05, 3.63) is 107 Å². The molecule has 196 valence electrons. The molecule has 0 spiro atoms. The quantitative estimate of drug-likeness (QED) is 0.420. The van der Waals surface area contributed by atoms with Crippen molar-refractivity contribution in [1.29, 1.82) is 0 Å². The van der Waals surface area contributed by atoms with Gasteiger partial charge in [0, 0.05) is 32.4 Å². The summed E-state index contributed by atoms with van der Waals surface area (Å²) in [4.78, 5) is 35.4. The molecular weight excluding hydrogens is 479 g/mol. The minimum Gasteiger partial charge on any atom is -0.303 e. The predicted octanol–water partition coefficient (Wildman–Crippen LogP) is 4.38. The van der Waals surface area contributed by atoms with Gasteiger partial charge in [-0.05, 0) is 66.8 Å². The molecule has 7 heteroatoms. The third-order valence-corrected chi connectivity index (χ3v) is 7.30. The van der Waals surface area contributed by atoms with E-state index in [-0.39, 0.29) is 30.7 Å². The van der Waals surface area contributed by atoms with Gasteiger partial charge in [-0.1, -0.05) is 54.1 Å². The maximum atomic E-state index is 13.6. The zero-order valence-electron chi connectivity index (χ0n) is 21.6. The minimum absolute atomic E-state index is 0.132. The van der Waals surface area contributed by atoms with Crippen LogP contribution in [0, 0.1) is 5.82 Å². The molecule has 2 aliphatic heterocycles. The second-order valence-electron chi connectivity index (χ2n) is 9.95. The molecule has 0 saturated carbocycles. The lowest BCUT2D eigenvalue weighted by Crippen LogP contribution is -2.54. The molecule has 2 amide bonds. The molecule has 0 bridgehead atoms. The normalized spacial score (nSPS) is 17.2. The van der Waals surface area contributed by atoms with Crippen LogP contribution in [0.15, 0.2) is 84.6 Å². The minimum atomic E-state index is -0.229. The van der Waals surface area contributed by atoms with E-state index in [9.17, 15) is 14.0 Å². The predicted molar refractivity (Wildman–Crippen MR) is 145 cm³/mol. The van der Waals surface area contributed by atoms with Gasteiger partial charge in [0.25, 0.3) is 0 Å². The average Bonchev–Trinajstić information content (AvgIpc) is 2.93. The van der Waals surface area contributed by atoms with E-state index in [1.807, 2.05) is 53.4 Å². The Kier molecular flexibility index (Phi) is 8.36. The van der Waals surface area contributed by atoms with Gasteiger partial charge in [0.15, 0.2) is 0 Å². The van der Waals surface area contributed by atoms with Gasteiger partial charge in [-0.3, -0.25) is 24.4 Å². The number of piperidine rings is 1. The summed E-state index contributed by atoms with van der Waals surface area (Å²) < 4.78 is 13.6. The second kappa shape index (κ2) is 12.2. The summed E-state index contributed by atoms with van der Waals surface area (Å²) in [5.74, 6) is -0.492. The number of piperazine rings is 1. The maximum Gasteiger partial charge on any atom is 0.243 e. The van der Waals surface area contributed by atoms with E-state index in [0.29, 0.717) is 13.1 Å². The summed E-state index contributed by atoms with van der Waals surface area (Å²) in [6, 6.07) is 22.7. The number of halogens is 1. The van der Waals surface area contributed by atoms with E-state index in [1.165, 1.54) is 28.2 Å². The van der Waals surface area contributed by atoms with Crippen molar-refractivity contribution < 1.29 is 14.0 Å². The van der Waals surface area contributed by atoms with Crippen molar-refractivity contribution in [2.24, 2.45) is 0 Å². The lowest BCUT2D eigenvalue weighted by atomic mass is 9.88. The van der Waals surface area contributed by atoms with Crippen LogP contribution in [-0.2, 0) is 16.1 Å². The summed E-state index contributed by atoms with van der Waals surface area (Å²) in [5, 5.41) is 0. The van der Waals surface area contributed by atoms with Crippen molar-refractivity contribution in [3.8, 4) is 0 Å². The molecule has 0 aliphatic carbocycles. The number of pyridine rings is 1. The Bertz CT molecular complexity index is 1250. The van der Waals surface area contributed by atoms with Crippen molar-refractivity contribution >= 4 is 17.4 Å². The highest BCUT2D eigenvalue weighted by Crippen LogP contribution is 2.32. The number of aromatic nitrogens is 1. The SMILES string of the molecule is O=C1CN(Cc2ccccn2)CC(=O)N1CCCN1CCC(=C(c2ccccc2)c2ccc(F)cc2)CC1. The Morgan fingerprint density at radius 3 is 2.08 bits per heavy atom. The van der Waals surface area contributed by atoms with Crippen LogP contribution in [0.4, 0.5) is 4.39 Å². The second-order valence-corrected chi connectivity index (χ2v) is 9.95. The Hall–Kier alpha value is -3.68. The number of likely N-dealkylation sites (tertiary alicyclic amines) is 1. The van der Waals surface area contributed by atoms with Crippen LogP contribution in [0.2, 0.25) is 0 Å². The fraction of sp³-hybridized carbons (Fsp3) is 0.323. The van der Waals surface area contributed by atoms with Crippen LogP contribution < -0.4 is 0 Å². The molecule has 2 aromatic carbocycles. The third-order valence-electron chi connectivity index (χ3n) is 7.30. The number of hydrogen-bond donors (Lipinski definition) is 0. The van der Waals surface area contributed by atoms with E-state index >= 15 is 0 Å². The molecule has 1 aromatic heterocycles. The van der Waals surface area contributed by atoms with Crippen LogP contribution in [0.25, 0.3) is 5.57 Å². The molecule has 5 rings (SSSR count). The number of imide groups is 1.